The Morgan fingerprint density at radius 1 is 1.59 bits per heavy atom. The molecule has 2 aromatic heterocycles. The normalized spacial score (nSPS) is 10.5. The van der Waals surface area contributed by atoms with Crippen molar-refractivity contribution in [1.29, 1.82) is 0 Å². The molecule has 2 rings (SSSR count). The number of rotatable bonds is 3. The van der Waals surface area contributed by atoms with E-state index in [1.54, 1.807) is 18.4 Å². The number of hydrogen-bond acceptors (Lipinski definition) is 5. The van der Waals surface area contributed by atoms with Crippen molar-refractivity contribution in [2.75, 3.05) is 5.32 Å². The Labute approximate surface area is 107 Å². The third kappa shape index (κ3) is 2.65. The van der Waals surface area contributed by atoms with Gasteiger partial charge in [0.1, 0.15) is 5.02 Å². The van der Waals surface area contributed by atoms with E-state index in [0.29, 0.717) is 12.2 Å². The summed E-state index contributed by atoms with van der Waals surface area (Å²) in [5.74, 6) is 0. The lowest BCUT2D eigenvalue weighted by molar-refractivity contribution is 0.708. The Hall–Kier alpha value is -1.40. The lowest BCUT2D eigenvalue weighted by Gasteiger charge is -2.06. The Morgan fingerprint density at radius 2 is 2.35 bits per heavy atom. The van der Waals surface area contributed by atoms with Gasteiger partial charge in [0.2, 0.25) is 0 Å². The maximum Gasteiger partial charge on any atom is 0.287 e. The van der Waals surface area contributed by atoms with Crippen LogP contribution in [-0.4, -0.2) is 14.8 Å². The fourth-order valence-electron chi connectivity index (χ4n) is 1.31. The number of anilines is 1. The van der Waals surface area contributed by atoms with Crippen molar-refractivity contribution in [2.45, 2.75) is 13.5 Å². The van der Waals surface area contributed by atoms with Gasteiger partial charge in [0.05, 0.1) is 29.1 Å². The van der Waals surface area contributed by atoms with Gasteiger partial charge in [-0.15, -0.1) is 11.3 Å². The predicted octanol–water partition coefficient (Wildman–Crippen LogP) is 1.81. The average molecular weight is 271 g/mol. The molecule has 0 amide bonds. The summed E-state index contributed by atoms with van der Waals surface area (Å²) in [6, 6.07) is 0. The van der Waals surface area contributed by atoms with Crippen molar-refractivity contribution in [1.82, 2.24) is 14.8 Å². The molecule has 2 aromatic rings. The highest BCUT2D eigenvalue weighted by Crippen LogP contribution is 2.16. The first-order valence-electron chi connectivity index (χ1n) is 4.94. The second-order valence-electron chi connectivity index (χ2n) is 3.51. The standard InChI is InChI=1S/C10H11ClN4OS/c1-6-14-7(5-17-6)3-12-8-4-13-15(2)10(16)9(8)11/h4-5,12H,3H2,1-2H3. The van der Waals surface area contributed by atoms with Crippen LogP contribution in [0.25, 0.3) is 0 Å². The van der Waals surface area contributed by atoms with Crippen LogP contribution in [0.15, 0.2) is 16.4 Å². The molecule has 0 aliphatic heterocycles. The van der Waals surface area contributed by atoms with Gasteiger partial charge >= 0.3 is 0 Å². The van der Waals surface area contributed by atoms with Gasteiger partial charge in [0.25, 0.3) is 5.56 Å². The first-order valence-corrected chi connectivity index (χ1v) is 6.20. The molecule has 17 heavy (non-hydrogen) atoms. The molecule has 90 valence electrons. The van der Waals surface area contributed by atoms with Crippen LogP contribution in [0.4, 0.5) is 5.69 Å². The molecule has 0 radical (unpaired) electrons. The van der Waals surface area contributed by atoms with Crippen molar-refractivity contribution >= 4 is 28.6 Å². The quantitative estimate of drug-likeness (QED) is 0.924. The fraction of sp³-hybridized carbons (Fsp3) is 0.300. The van der Waals surface area contributed by atoms with Crippen LogP contribution in [0.1, 0.15) is 10.7 Å². The van der Waals surface area contributed by atoms with Crippen LogP contribution in [0.2, 0.25) is 5.02 Å². The maximum atomic E-state index is 11.5. The van der Waals surface area contributed by atoms with Crippen molar-refractivity contribution in [3.05, 3.63) is 37.7 Å². The van der Waals surface area contributed by atoms with Gasteiger partial charge in [-0.1, -0.05) is 11.6 Å². The number of halogens is 1. The zero-order valence-electron chi connectivity index (χ0n) is 9.40. The molecule has 0 aromatic carbocycles. The van der Waals surface area contributed by atoms with Gasteiger partial charge in [-0.3, -0.25) is 4.79 Å². The summed E-state index contributed by atoms with van der Waals surface area (Å²) < 4.78 is 1.19. The minimum Gasteiger partial charge on any atom is -0.377 e. The predicted molar refractivity (Wildman–Crippen MR) is 68.7 cm³/mol. The van der Waals surface area contributed by atoms with E-state index in [0.717, 1.165) is 10.7 Å². The number of thiazole rings is 1. The third-order valence-electron chi connectivity index (χ3n) is 2.20. The van der Waals surface area contributed by atoms with Crippen molar-refractivity contribution in [2.24, 2.45) is 7.05 Å². The second-order valence-corrected chi connectivity index (χ2v) is 4.95. The van der Waals surface area contributed by atoms with Crippen molar-refractivity contribution in [3.8, 4) is 0 Å². The number of aryl methyl sites for hydroxylation is 2. The molecular weight excluding hydrogens is 260 g/mol. The molecule has 5 nitrogen and oxygen atoms in total. The average Bonchev–Trinajstić information content (AvgIpc) is 2.71. The number of aromatic nitrogens is 3. The van der Waals surface area contributed by atoms with Crippen molar-refractivity contribution in [3.63, 3.8) is 0 Å². The summed E-state index contributed by atoms with van der Waals surface area (Å²) in [5.41, 5.74) is 1.13. The number of nitrogens with one attached hydrogen (secondary N) is 1. The highest BCUT2D eigenvalue weighted by molar-refractivity contribution is 7.09. The first-order chi connectivity index (χ1) is 8.08. The van der Waals surface area contributed by atoms with E-state index in [-0.39, 0.29) is 10.6 Å². The van der Waals surface area contributed by atoms with Crippen molar-refractivity contribution < 1.29 is 0 Å². The summed E-state index contributed by atoms with van der Waals surface area (Å²) in [6.07, 6.45) is 1.53. The molecule has 1 N–H and O–H groups in total. The molecule has 0 aliphatic rings. The smallest absolute Gasteiger partial charge is 0.287 e. The SMILES string of the molecule is Cc1nc(CNc2cnn(C)c(=O)c2Cl)cs1. The molecular formula is C10H11ClN4OS. The summed E-state index contributed by atoms with van der Waals surface area (Å²) in [6.45, 7) is 2.47. The van der Waals surface area contributed by atoms with E-state index in [9.17, 15) is 4.79 Å². The maximum absolute atomic E-state index is 11.5. The van der Waals surface area contributed by atoms with Crippen LogP contribution >= 0.6 is 22.9 Å². The van der Waals surface area contributed by atoms with E-state index in [1.807, 2.05) is 12.3 Å². The van der Waals surface area contributed by atoms with Crippen LogP contribution in [0.3, 0.4) is 0 Å². The number of hydrogen-bond donors (Lipinski definition) is 1. The van der Waals surface area contributed by atoms with E-state index in [2.05, 4.69) is 15.4 Å². The summed E-state index contributed by atoms with van der Waals surface area (Å²) in [4.78, 5) is 15.8. The summed E-state index contributed by atoms with van der Waals surface area (Å²) in [5, 5.41) is 10.1. The molecule has 0 bridgehead atoms. The Morgan fingerprint density at radius 3 is 3.00 bits per heavy atom. The molecule has 0 atom stereocenters. The van der Waals surface area contributed by atoms with E-state index >= 15 is 0 Å². The molecule has 0 saturated carbocycles. The lowest BCUT2D eigenvalue weighted by atomic mass is 10.4. The monoisotopic (exact) mass is 270 g/mol. The molecule has 0 fully saturated rings. The third-order valence-corrected chi connectivity index (χ3v) is 3.39. The topological polar surface area (TPSA) is 59.8 Å². The fourth-order valence-corrected chi connectivity index (χ4v) is 2.16. The summed E-state index contributed by atoms with van der Waals surface area (Å²) in [7, 11) is 1.56. The van der Waals surface area contributed by atoms with E-state index < -0.39 is 0 Å². The Kier molecular flexibility index (Phi) is 3.44. The van der Waals surface area contributed by atoms with Gasteiger partial charge < -0.3 is 5.32 Å². The molecule has 0 unspecified atom stereocenters. The van der Waals surface area contributed by atoms with Gasteiger partial charge in [0, 0.05) is 12.4 Å². The minimum absolute atomic E-state index is 0.148. The lowest BCUT2D eigenvalue weighted by Crippen LogP contribution is -2.21. The molecule has 0 saturated heterocycles. The molecule has 7 heteroatoms. The highest BCUT2D eigenvalue weighted by Gasteiger charge is 2.07. The van der Waals surface area contributed by atoms with E-state index in [1.165, 1.54) is 10.9 Å². The van der Waals surface area contributed by atoms with Crippen LogP contribution < -0.4 is 10.9 Å². The Bertz CT molecular complexity index is 592. The Balaban J connectivity index is 2.15. The van der Waals surface area contributed by atoms with Crippen LogP contribution in [-0.2, 0) is 13.6 Å². The van der Waals surface area contributed by atoms with Gasteiger partial charge in [-0.2, -0.15) is 5.10 Å². The highest BCUT2D eigenvalue weighted by atomic mass is 35.5. The summed E-state index contributed by atoms with van der Waals surface area (Å²) >= 11 is 7.50. The van der Waals surface area contributed by atoms with Crippen LogP contribution in [0, 0.1) is 6.92 Å². The number of nitrogens with zero attached hydrogens (tertiary/aromatic N) is 3. The van der Waals surface area contributed by atoms with Gasteiger partial charge in [-0.25, -0.2) is 9.67 Å². The molecule has 2 heterocycles. The zero-order chi connectivity index (χ0) is 12.4. The molecule has 0 aliphatic carbocycles. The largest absolute Gasteiger partial charge is 0.377 e. The first kappa shape index (κ1) is 12.1. The van der Waals surface area contributed by atoms with Crippen LogP contribution in [0.5, 0.6) is 0 Å². The van der Waals surface area contributed by atoms with Gasteiger partial charge in [-0.05, 0) is 6.92 Å². The molecule has 0 spiro atoms. The van der Waals surface area contributed by atoms with E-state index in [4.69, 9.17) is 11.6 Å². The van der Waals surface area contributed by atoms with Gasteiger partial charge in [0.15, 0.2) is 0 Å². The second kappa shape index (κ2) is 4.85. The zero-order valence-corrected chi connectivity index (χ0v) is 11.0. The minimum atomic E-state index is -0.314.